The minimum absolute atomic E-state index is 0.228. The SMILES string of the molecule is CCCCC(=O)C(N)[C@@H](C)CC. The van der Waals surface area contributed by atoms with Crippen molar-refractivity contribution in [2.45, 2.75) is 52.5 Å². The normalized spacial score (nSPS) is 15.7. The standard InChI is InChI=1S/C10H21NO/c1-4-6-7-9(12)10(11)8(3)5-2/h8,10H,4-7,11H2,1-3H3/t8-,10?/m0/s1. The highest BCUT2D eigenvalue weighted by Crippen LogP contribution is 2.09. The molecular weight excluding hydrogens is 150 g/mol. The van der Waals surface area contributed by atoms with E-state index in [9.17, 15) is 4.79 Å². The van der Waals surface area contributed by atoms with Crippen LogP contribution in [-0.4, -0.2) is 11.8 Å². The maximum absolute atomic E-state index is 11.4. The van der Waals surface area contributed by atoms with Gasteiger partial charge in [0.05, 0.1) is 6.04 Å². The predicted octanol–water partition coefficient (Wildman–Crippen LogP) is 2.12. The Morgan fingerprint density at radius 1 is 1.42 bits per heavy atom. The maximum atomic E-state index is 11.4. The molecule has 2 nitrogen and oxygen atoms in total. The van der Waals surface area contributed by atoms with E-state index in [2.05, 4.69) is 13.8 Å². The number of nitrogens with two attached hydrogens (primary N) is 1. The minimum atomic E-state index is -0.235. The minimum Gasteiger partial charge on any atom is -0.321 e. The lowest BCUT2D eigenvalue weighted by Crippen LogP contribution is -2.36. The molecule has 0 aliphatic heterocycles. The summed E-state index contributed by atoms with van der Waals surface area (Å²) in [6.07, 6.45) is 3.68. The number of unbranched alkanes of at least 4 members (excludes halogenated alkanes) is 1. The van der Waals surface area contributed by atoms with Crippen molar-refractivity contribution in [3.8, 4) is 0 Å². The summed E-state index contributed by atoms with van der Waals surface area (Å²) in [5.41, 5.74) is 5.76. The lowest BCUT2D eigenvalue weighted by molar-refractivity contribution is -0.121. The number of carbonyl (C=O) groups excluding carboxylic acids is 1. The molecule has 0 fully saturated rings. The van der Waals surface area contributed by atoms with Crippen LogP contribution in [0, 0.1) is 5.92 Å². The molecule has 0 spiro atoms. The number of hydrogen-bond acceptors (Lipinski definition) is 2. The van der Waals surface area contributed by atoms with Gasteiger partial charge in [0.25, 0.3) is 0 Å². The fourth-order valence-electron chi connectivity index (χ4n) is 1.09. The summed E-state index contributed by atoms with van der Waals surface area (Å²) >= 11 is 0. The van der Waals surface area contributed by atoms with Crippen LogP contribution in [0.25, 0.3) is 0 Å². The maximum Gasteiger partial charge on any atom is 0.149 e. The zero-order valence-electron chi connectivity index (χ0n) is 8.47. The van der Waals surface area contributed by atoms with Gasteiger partial charge in [-0.15, -0.1) is 0 Å². The Bertz CT molecular complexity index is 134. The average molecular weight is 171 g/mol. The number of rotatable bonds is 6. The number of ketones is 1. The molecule has 0 aliphatic rings. The summed E-state index contributed by atoms with van der Waals surface area (Å²) in [6, 6.07) is -0.235. The lowest BCUT2D eigenvalue weighted by Gasteiger charge is -2.16. The van der Waals surface area contributed by atoms with Gasteiger partial charge in [-0.25, -0.2) is 0 Å². The van der Waals surface area contributed by atoms with E-state index in [4.69, 9.17) is 5.73 Å². The first kappa shape index (κ1) is 11.6. The molecule has 0 radical (unpaired) electrons. The fourth-order valence-corrected chi connectivity index (χ4v) is 1.09. The van der Waals surface area contributed by atoms with Crippen molar-refractivity contribution in [2.75, 3.05) is 0 Å². The summed E-state index contributed by atoms with van der Waals surface area (Å²) in [5, 5.41) is 0. The first-order valence-electron chi connectivity index (χ1n) is 4.91. The molecule has 0 aromatic heterocycles. The summed E-state index contributed by atoms with van der Waals surface area (Å²) < 4.78 is 0. The van der Waals surface area contributed by atoms with Crippen LogP contribution in [-0.2, 0) is 4.79 Å². The first-order valence-corrected chi connectivity index (χ1v) is 4.91. The van der Waals surface area contributed by atoms with Gasteiger partial charge in [0, 0.05) is 6.42 Å². The summed E-state index contributed by atoms with van der Waals surface area (Å²) in [6.45, 7) is 6.19. The summed E-state index contributed by atoms with van der Waals surface area (Å²) in [7, 11) is 0. The molecule has 2 heteroatoms. The molecule has 0 amide bonds. The largest absolute Gasteiger partial charge is 0.321 e. The molecule has 0 aliphatic carbocycles. The van der Waals surface area contributed by atoms with Crippen molar-refractivity contribution in [2.24, 2.45) is 11.7 Å². The van der Waals surface area contributed by atoms with Crippen LogP contribution in [0.3, 0.4) is 0 Å². The van der Waals surface area contributed by atoms with Gasteiger partial charge in [-0.3, -0.25) is 4.79 Å². The molecule has 72 valence electrons. The topological polar surface area (TPSA) is 43.1 Å². The highest BCUT2D eigenvalue weighted by Gasteiger charge is 2.17. The Kier molecular flexibility index (Phi) is 5.99. The summed E-state index contributed by atoms with van der Waals surface area (Å²) in [4.78, 5) is 11.4. The van der Waals surface area contributed by atoms with Gasteiger partial charge in [-0.05, 0) is 12.3 Å². The average Bonchev–Trinajstić information content (AvgIpc) is 2.11. The van der Waals surface area contributed by atoms with Gasteiger partial charge in [-0.2, -0.15) is 0 Å². The Hall–Kier alpha value is -0.370. The molecule has 0 aromatic carbocycles. The predicted molar refractivity (Wildman–Crippen MR) is 52.0 cm³/mol. The van der Waals surface area contributed by atoms with Gasteiger partial charge in [0.1, 0.15) is 5.78 Å². The van der Waals surface area contributed by atoms with Gasteiger partial charge >= 0.3 is 0 Å². The van der Waals surface area contributed by atoms with E-state index in [1.807, 2.05) is 6.92 Å². The second-order valence-electron chi connectivity index (χ2n) is 3.48. The molecule has 0 bridgehead atoms. The van der Waals surface area contributed by atoms with Crippen LogP contribution < -0.4 is 5.73 Å². The Morgan fingerprint density at radius 2 is 2.00 bits per heavy atom. The zero-order valence-corrected chi connectivity index (χ0v) is 8.47. The smallest absolute Gasteiger partial charge is 0.149 e. The van der Waals surface area contributed by atoms with Crippen LogP contribution >= 0.6 is 0 Å². The molecule has 12 heavy (non-hydrogen) atoms. The molecular formula is C10H21NO. The second kappa shape index (κ2) is 6.18. The van der Waals surface area contributed by atoms with Crippen LogP contribution in [0.15, 0.2) is 0 Å². The lowest BCUT2D eigenvalue weighted by atomic mass is 9.94. The van der Waals surface area contributed by atoms with E-state index < -0.39 is 0 Å². The van der Waals surface area contributed by atoms with Crippen LogP contribution in [0.1, 0.15) is 46.5 Å². The third-order valence-electron chi connectivity index (χ3n) is 2.41. The molecule has 0 saturated carbocycles. The fraction of sp³-hybridized carbons (Fsp3) is 0.900. The highest BCUT2D eigenvalue weighted by atomic mass is 16.1. The van der Waals surface area contributed by atoms with E-state index in [0.717, 1.165) is 19.3 Å². The molecule has 1 unspecified atom stereocenters. The molecule has 0 saturated heterocycles. The quantitative estimate of drug-likeness (QED) is 0.665. The Morgan fingerprint density at radius 3 is 2.42 bits per heavy atom. The van der Waals surface area contributed by atoms with Crippen molar-refractivity contribution in [1.29, 1.82) is 0 Å². The second-order valence-corrected chi connectivity index (χ2v) is 3.48. The third-order valence-corrected chi connectivity index (χ3v) is 2.41. The van der Waals surface area contributed by atoms with Gasteiger partial charge < -0.3 is 5.73 Å². The molecule has 2 atom stereocenters. The Balaban J connectivity index is 3.75. The molecule has 0 aromatic rings. The first-order chi connectivity index (χ1) is 5.63. The van der Waals surface area contributed by atoms with E-state index in [1.54, 1.807) is 0 Å². The van der Waals surface area contributed by atoms with Gasteiger partial charge in [-0.1, -0.05) is 33.6 Å². The monoisotopic (exact) mass is 171 g/mol. The third kappa shape index (κ3) is 3.86. The van der Waals surface area contributed by atoms with Crippen molar-refractivity contribution < 1.29 is 4.79 Å². The van der Waals surface area contributed by atoms with E-state index in [-0.39, 0.29) is 11.8 Å². The van der Waals surface area contributed by atoms with Crippen LogP contribution in [0.2, 0.25) is 0 Å². The van der Waals surface area contributed by atoms with Gasteiger partial charge in [0.2, 0.25) is 0 Å². The van der Waals surface area contributed by atoms with Crippen LogP contribution in [0.5, 0.6) is 0 Å². The molecule has 2 N–H and O–H groups in total. The Labute approximate surface area is 75.5 Å². The van der Waals surface area contributed by atoms with Crippen LogP contribution in [0.4, 0.5) is 0 Å². The molecule has 0 rings (SSSR count). The number of Topliss-reactive ketones (excluding diaryl/α,β-unsaturated/α-hetero) is 1. The number of carbonyl (C=O) groups is 1. The number of hydrogen-bond donors (Lipinski definition) is 1. The van der Waals surface area contributed by atoms with Crippen molar-refractivity contribution in [1.82, 2.24) is 0 Å². The van der Waals surface area contributed by atoms with Crippen molar-refractivity contribution in [3.05, 3.63) is 0 Å². The van der Waals surface area contributed by atoms with E-state index in [1.165, 1.54) is 0 Å². The van der Waals surface area contributed by atoms with Crippen molar-refractivity contribution >= 4 is 5.78 Å². The van der Waals surface area contributed by atoms with Crippen molar-refractivity contribution in [3.63, 3.8) is 0 Å². The summed E-state index contributed by atoms with van der Waals surface area (Å²) in [5.74, 6) is 0.556. The van der Waals surface area contributed by atoms with E-state index >= 15 is 0 Å². The highest BCUT2D eigenvalue weighted by molar-refractivity contribution is 5.83. The zero-order chi connectivity index (χ0) is 9.56. The van der Waals surface area contributed by atoms with E-state index in [0.29, 0.717) is 12.3 Å². The van der Waals surface area contributed by atoms with Gasteiger partial charge in [0.15, 0.2) is 0 Å². The molecule has 0 heterocycles.